The number of piperazine rings is 1. The van der Waals surface area contributed by atoms with Crippen LogP contribution in [0.3, 0.4) is 0 Å². The van der Waals surface area contributed by atoms with Gasteiger partial charge in [-0.1, -0.05) is 18.2 Å². The molecule has 144 valence electrons. The number of carbonyl (C=O) groups excluding carboxylic acids is 2. The van der Waals surface area contributed by atoms with E-state index < -0.39 is 0 Å². The van der Waals surface area contributed by atoms with Crippen LogP contribution < -0.4 is 15.4 Å². The first-order valence-electron chi connectivity index (χ1n) is 8.48. The van der Waals surface area contributed by atoms with Crippen molar-refractivity contribution in [2.24, 2.45) is 0 Å². The summed E-state index contributed by atoms with van der Waals surface area (Å²) in [5, 5.41) is 5.85. The minimum absolute atomic E-state index is 0. The molecule has 1 aromatic heterocycles. The number of carbonyl (C=O) groups is 2. The summed E-state index contributed by atoms with van der Waals surface area (Å²) in [6.45, 7) is 1.95. The zero-order chi connectivity index (χ0) is 18.5. The summed E-state index contributed by atoms with van der Waals surface area (Å²) >= 11 is 0. The number of rotatable bonds is 4. The Morgan fingerprint density at radius 2 is 2.04 bits per heavy atom. The van der Waals surface area contributed by atoms with E-state index in [-0.39, 0.29) is 36.0 Å². The summed E-state index contributed by atoms with van der Waals surface area (Å²) in [5.41, 5.74) is 1.70. The second kappa shape index (κ2) is 9.34. The molecule has 1 atom stereocenters. The SMILES string of the molecule is CNC(=O)c1ccc(C(=O)N2CCNCC2c2ccccc2OC)cn1.Cl. The van der Waals surface area contributed by atoms with E-state index in [0.29, 0.717) is 18.7 Å². The van der Waals surface area contributed by atoms with Crippen LogP contribution in [-0.2, 0) is 0 Å². The lowest BCUT2D eigenvalue weighted by Crippen LogP contribution is -2.48. The highest BCUT2D eigenvalue weighted by molar-refractivity contribution is 5.96. The van der Waals surface area contributed by atoms with Gasteiger partial charge >= 0.3 is 0 Å². The van der Waals surface area contributed by atoms with E-state index in [2.05, 4.69) is 15.6 Å². The van der Waals surface area contributed by atoms with Crippen molar-refractivity contribution < 1.29 is 14.3 Å². The summed E-state index contributed by atoms with van der Waals surface area (Å²) in [5.74, 6) is 0.364. The topological polar surface area (TPSA) is 83.6 Å². The first-order chi connectivity index (χ1) is 12.7. The molecule has 7 nitrogen and oxygen atoms in total. The molecule has 8 heteroatoms. The van der Waals surface area contributed by atoms with Crippen molar-refractivity contribution in [3.63, 3.8) is 0 Å². The Morgan fingerprint density at radius 3 is 2.70 bits per heavy atom. The van der Waals surface area contributed by atoms with Crippen molar-refractivity contribution in [1.82, 2.24) is 20.5 Å². The Balaban J connectivity index is 0.00000261. The third kappa shape index (κ3) is 4.37. The largest absolute Gasteiger partial charge is 0.496 e. The van der Waals surface area contributed by atoms with Crippen molar-refractivity contribution in [3.8, 4) is 5.75 Å². The number of para-hydroxylation sites is 1. The van der Waals surface area contributed by atoms with Gasteiger partial charge in [-0.2, -0.15) is 0 Å². The van der Waals surface area contributed by atoms with Gasteiger partial charge in [-0.3, -0.25) is 14.6 Å². The van der Waals surface area contributed by atoms with Crippen molar-refractivity contribution in [2.75, 3.05) is 33.8 Å². The maximum Gasteiger partial charge on any atom is 0.269 e. The molecule has 2 aromatic rings. The van der Waals surface area contributed by atoms with Crippen LogP contribution in [-0.4, -0.2) is 55.5 Å². The van der Waals surface area contributed by atoms with Gasteiger partial charge in [0, 0.05) is 38.4 Å². The van der Waals surface area contributed by atoms with Gasteiger partial charge in [0.2, 0.25) is 0 Å². The van der Waals surface area contributed by atoms with E-state index >= 15 is 0 Å². The van der Waals surface area contributed by atoms with Gasteiger partial charge in [-0.05, 0) is 18.2 Å². The van der Waals surface area contributed by atoms with Crippen LogP contribution in [0.1, 0.15) is 32.5 Å². The molecular weight excluding hydrogens is 368 g/mol. The van der Waals surface area contributed by atoms with Crippen LogP contribution in [0.15, 0.2) is 42.6 Å². The lowest BCUT2D eigenvalue weighted by molar-refractivity contribution is 0.0630. The van der Waals surface area contributed by atoms with E-state index in [1.165, 1.54) is 6.20 Å². The third-order valence-corrected chi connectivity index (χ3v) is 4.47. The molecule has 1 unspecified atom stereocenters. The van der Waals surface area contributed by atoms with Gasteiger partial charge in [0.1, 0.15) is 11.4 Å². The fourth-order valence-electron chi connectivity index (χ4n) is 3.12. The van der Waals surface area contributed by atoms with Gasteiger partial charge in [0.25, 0.3) is 11.8 Å². The Labute approximate surface area is 164 Å². The summed E-state index contributed by atoms with van der Waals surface area (Å²) in [7, 11) is 3.17. The summed E-state index contributed by atoms with van der Waals surface area (Å²) in [4.78, 5) is 30.6. The number of halogens is 1. The van der Waals surface area contributed by atoms with Crippen molar-refractivity contribution in [3.05, 3.63) is 59.4 Å². The number of pyridine rings is 1. The molecule has 3 rings (SSSR count). The molecule has 2 heterocycles. The number of aromatic nitrogens is 1. The highest BCUT2D eigenvalue weighted by atomic mass is 35.5. The van der Waals surface area contributed by atoms with Crippen molar-refractivity contribution in [1.29, 1.82) is 0 Å². The number of hydrogen-bond donors (Lipinski definition) is 2. The lowest BCUT2D eigenvalue weighted by atomic mass is 10.0. The third-order valence-electron chi connectivity index (χ3n) is 4.47. The number of benzene rings is 1. The number of nitrogens with one attached hydrogen (secondary N) is 2. The molecule has 0 spiro atoms. The number of nitrogens with zero attached hydrogens (tertiary/aromatic N) is 2. The number of hydrogen-bond acceptors (Lipinski definition) is 5. The van der Waals surface area contributed by atoms with Gasteiger partial charge in [-0.25, -0.2) is 0 Å². The van der Waals surface area contributed by atoms with E-state index in [9.17, 15) is 9.59 Å². The molecule has 0 aliphatic carbocycles. The van der Waals surface area contributed by atoms with Crippen LogP contribution in [0.25, 0.3) is 0 Å². The van der Waals surface area contributed by atoms with Crippen LogP contribution in [0.4, 0.5) is 0 Å². The van der Waals surface area contributed by atoms with E-state index in [1.54, 1.807) is 26.3 Å². The molecule has 0 radical (unpaired) electrons. The Hall–Kier alpha value is -2.64. The molecule has 1 aliphatic heterocycles. The molecule has 2 N–H and O–H groups in total. The normalized spacial score (nSPS) is 16.2. The highest BCUT2D eigenvalue weighted by Gasteiger charge is 2.30. The maximum absolute atomic E-state index is 13.1. The monoisotopic (exact) mass is 390 g/mol. The minimum atomic E-state index is -0.280. The second-order valence-electron chi connectivity index (χ2n) is 5.97. The fourth-order valence-corrected chi connectivity index (χ4v) is 3.12. The number of methoxy groups -OCH3 is 1. The average Bonchev–Trinajstić information content (AvgIpc) is 2.72. The van der Waals surface area contributed by atoms with Gasteiger partial charge in [0.05, 0.1) is 18.7 Å². The number of amides is 2. The van der Waals surface area contributed by atoms with Crippen molar-refractivity contribution >= 4 is 24.2 Å². The molecule has 1 aromatic carbocycles. The first-order valence-corrected chi connectivity index (χ1v) is 8.48. The van der Waals surface area contributed by atoms with Gasteiger partial charge < -0.3 is 20.3 Å². The standard InChI is InChI=1S/C19H22N4O3.ClH/c1-20-18(24)15-8-7-13(11-22-15)19(25)23-10-9-21-12-16(23)14-5-3-4-6-17(14)26-2;/h3-8,11,16,21H,9-10,12H2,1-2H3,(H,20,24);1H. The zero-order valence-electron chi connectivity index (χ0n) is 15.3. The summed E-state index contributed by atoms with van der Waals surface area (Å²) in [6, 6.07) is 10.8. The summed E-state index contributed by atoms with van der Waals surface area (Å²) < 4.78 is 5.46. The molecule has 2 amide bonds. The molecular formula is C19H23ClN4O3. The zero-order valence-corrected chi connectivity index (χ0v) is 16.1. The van der Waals surface area contributed by atoms with Crippen LogP contribution in [0.2, 0.25) is 0 Å². The Morgan fingerprint density at radius 1 is 1.26 bits per heavy atom. The van der Waals surface area contributed by atoms with Gasteiger partial charge in [-0.15, -0.1) is 12.4 Å². The predicted octanol–water partition coefficient (Wildman–Crippen LogP) is 1.66. The lowest BCUT2D eigenvalue weighted by Gasteiger charge is -2.37. The van der Waals surface area contributed by atoms with Crippen LogP contribution in [0, 0.1) is 0 Å². The minimum Gasteiger partial charge on any atom is -0.496 e. The maximum atomic E-state index is 13.1. The average molecular weight is 391 g/mol. The van der Waals surface area contributed by atoms with Gasteiger partial charge in [0.15, 0.2) is 0 Å². The molecule has 27 heavy (non-hydrogen) atoms. The predicted molar refractivity (Wildman–Crippen MR) is 105 cm³/mol. The van der Waals surface area contributed by atoms with Crippen molar-refractivity contribution in [2.45, 2.75) is 6.04 Å². The Kier molecular flexibility index (Phi) is 7.15. The van der Waals surface area contributed by atoms with Crippen LogP contribution in [0.5, 0.6) is 5.75 Å². The van der Waals surface area contributed by atoms with Crippen LogP contribution >= 0.6 is 12.4 Å². The fraction of sp³-hybridized carbons (Fsp3) is 0.316. The van der Waals surface area contributed by atoms with E-state index in [0.717, 1.165) is 17.9 Å². The molecule has 1 aliphatic rings. The Bertz CT molecular complexity index is 798. The molecule has 1 saturated heterocycles. The molecule has 0 bridgehead atoms. The van der Waals surface area contributed by atoms with E-state index in [4.69, 9.17) is 4.74 Å². The smallest absolute Gasteiger partial charge is 0.269 e. The second-order valence-corrected chi connectivity index (χ2v) is 5.97. The molecule has 1 fully saturated rings. The molecule has 0 saturated carbocycles. The summed E-state index contributed by atoms with van der Waals surface area (Å²) in [6.07, 6.45) is 1.45. The quantitative estimate of drug-likeness (QED) is 0.829. The number of ether oxygens (including phenoxy) is 1. The first kappa shape index (κ1) is 20.7. The van der Waals surface area contributed by atoms with E-state index in [1.807, 2.05) is 29.2 Å². The highest BCUT2D eigenvalue weighted by Crippen LogP contribution is 2.31.